The zero-order chi connectivity index (χ0) is 15.0. The number of fused-ring (bicyclic) bond motifs is 1. The molecule has 0 bridgehead atoms. The number of hydrogen-bond donors (Lipinski definition) is 2. The van der Waals surface area contributed by atoms with Crippen LogP contribution in [0.3, 0.4) is 0 Å². The second kappa shape index (κ2) is 6.78. The first-order valence-electron chi connectivity index (χ1n) is 7.72. The molecule has 3 atom stereocenters. The molecule has 1 aliphatic heterocycles. The first kappa shape index (κ1) is 17.6. The summed E-state index contributed by atoms with van der Waals surface area (Å²) in [6.07, 6.45) is 3.51. The Bertz CT molecular complexity index is 514. The molecule has 1 saturated heterocycles. The quantitative estimate of drug-likeness (QED) is 0.451. The van der Waals surface area contributed by atoms with E-state index in [0.29, 0.717) is 18.1 Å². The number of H-pyrrole nitrogens is 1. The topological polar surface area (TPSA) is 52.7 Å². The first-order valence-corrected chi connectivity index (χ1v) is 7.72. The Kier molecular flexibility index (Phi) is 5.42. The van der Waals surface area contributed by atoms with Crippen molar-refractivity contribution in [2.45, 2.75) is 39.0 Å². The lowest BCUT2D eigenvalue weighted by Crippen LogP contribution is -2.67. The molecule has 1 aromatic rings. The second-order valence-electron chi connectivity index (χ2n) is 6.79. The van der Waals surface area contributed by atoms with Crippen molar-refractivity contribution in [2.24, 2.45) is 16.3 Å². The molecule has 2 aliphatic rings. The van der Waals surface area contributed by atoms with E-state index in [4.69, 9.17) is 4.74 Å². The Morgan fingerprint density at radius 2 is 2.32 bits per heavy atom. The molecule has 6 heteroatoms. The van der Waals surface area contributed by atoms with Crippen LogP contribution in [0.15, 0.2) is 23.3 Å². The number of hydrogen-bond acceptors (Lipinski definition) is 2. The van der Waals surface area contributed by atoms with Gasteiger partial charge in [0.15, 0.2) is 5.96 Å². The Hall–Kier alpha value is -0.760. The van der Waals surface area contributed by atoms with E-state index in [1.54, 1.807) is 0 Å². The Morgan fingerprint density at radius 1 is 1.55 bits per heavy atom. The van der Waals surface area contributed by atoms with Crippen molar-refractivity contribution in [3.63, 3.8) is 0 Å². The van der Waals surface area contributed by atoms with Gasteiger partial charge in [0.25, 0.3) is 0 Å². The summed E-state index contributed by atoms with van der Waals surface area (Å²) in [5, 5.41) is 3.66. The summed E-state index contributed by atoms with van der Waals surface area (Å²) in [4.78, 5) is 9.84. The largest absolute Gasteiger partial charge is 0.377 e. The third kappa shape index (κ3) is 2.99. The number of halogens is 1. The molecule has 0 aromatic carbocycles. The van der Waals surface area contributed by atoms with Gasteiger partial charge in [-0.05, 0) is 18.6 Å². The molecular weight excluding hydrogens is 391 g/mol. The SMILES string of the molecule is CN=C(NC1C2CCOC2C1(C)C)N(C)Cc1ccc[nH]1.I. The summed E-state index contributed by atoms with van der Waals surface area (Å²) in [6, 6.07) is 4.56. The lowest BCUT2D eigenvalue weighted by atomic mass is 9.57. The maximum atomic E-state index is 5.86. The Labute approximate surface area is 149 Å². The van der Waals surface area contributed by atoms with Crippen molar-refractivity contribution in [3.05, 3.63) is 24.0 Å². The molecule has 2 fully saturated rings. The minimum atomic E-state index is 0. The number of ether oxygens (including phenoxy) is 1. The van der Waals surface area contributed by atoms with Crippen LogP contribution >= 0.6 is 24.0 Å². The third-order valence-corrected chi connectivity index (χ3v) is 5.03. The van der Waals surface area contributed by atoms with Gasteiger partial charge in [0.05, 0.1) is 12.6 Å². The molecule has 22 heavy (non-hydrogen) atoms. The predicted molar refractivity (Wildman–Crippen MR) is 99.6 cm³/mol. The monoisotopic (exact) mass is 418 g/mol. The summed E-state index contributed by atoms with van der Waals surface area (Å²) in [7, 11) is 3.92. The number of aliphatic imine (C=N–C) groups is 1. The van der Waals surface area contributed by atoms with E-state index in [1.165, 1.54) is 5.69 Å². The van der Waals surface area contributed by atoms with Gasteiger partial charge >= 0.3 is 0 Å². The van der Waals surface area contributed by atoms with E-state index in [9.17, 15) is 0 Å². The van der Waals surface area contributed by atoms with Crippen LogP contribution in [0, 0.1) is 11.3 Å². The van der Waals surface area contributed by atoms with Gasteiger partial charge in [-0.1, -0.05) is 13.8 Å². The highest BCUT2D eigenvalue weighted by Crippen LogP contribution is 2.52. The highest BCUT2D eigenvalue weighted by atomic mass is 127. The Balaban J connectivity index is 0.00000176. The number of nitrogens with zero attached hydrogens (tertiary/aromatic N) is 2. The number of aromatic amines is 1. The van der Waals surface area contributed by atoms with Gasteiger partial charge in [0.2, 0.25) is 0 Å². The fourth-order valence-electron chi connectivity index (χ4n) is 3.90. The molecule has 2 heterocycles. The lowest BCUT2D eigenvalue weighted by molar-refractivity contribution is -0.107. The van der Waals surface area contributed by atoms with Crippen molar-refractivity contribution >= 4 is 29.9 Å². The van der Waals surface area contributed by atoms with Crippen molar-refractivity contribution < 1.29 is 4.74 Å². The van der Waals surface area contributed by atoms with Gasteiger partial charge in [-0.15, -0.1) is 24.0 Å². The second-order valence-corrected chi connectivity index (χ2v) is 6.79. The molecule has 0 radical (unpaired) electrons. The van der Waals surface area contributed by atoms with Crippen LogP contribution in [0.25, 0.3) is 0 Å². The molecule has 1 aliphatic carbocycles. The van der Waals surface area contributed by atoms with Crippen LogP contribution < -0.4 is 5.32 Å². The average Bonchev–Trinajstić information content (AvgIpc) is 3.09. The summed E-state index contributed by atoms with van der Waals surface area (Å²) in [6.45, 7) is 6.29. The number of guanidine groups is 1. The number of rotatable bonds is 3. The van der Waals surface area contributed by atoms with Gasteiger partial charge in [0, 0.05) is 50.0 Å². The predicted octanol–water partition coefficient (Wildman–Crippen LogP) is 2.45. The van der Waals surface area contributed by atoms with Crippen molar-refractivity contribution in [3.8, 4) is 0 Å². The third-order valence-electron chi connectivity index (χ3n) is 5.03. The maximum absolute atomic E-state index is 5.86. The first-order chi connectivity index (χ1) is 10.0. The number of aromatic nitrogens is 1. The van der Waals surface area contributed by atoms with Gasteiger partial charge < -0.3 is 19.9 Å². The van der Waals surface area contributed by atoms with Gasteiger partial charge in [-0.3, -0.25) is 4.99 Å². The van der Waals surface area contributed by atoms with E-state index in [1.807, 2.05) is 19.3 Å². The van der Waals surface area contributed by atoms with E-state index in [0.717, 1.165) is 25.5 Å². The molecule has 1 saturated carbocycles. The van der Waals surface area contributed by atoms with E-state index in [2.05, 4.69) is 47.2 Å². The molecule has 5 nitrogen and oxygen atoms in total. The van der Waals surface area contributed by atoms with Crippen LogP contribution in [-0.4, -0.2) is 48.7 Å². The summed E-state index contributed by atoms with van der Waals surface area (Å²) >= 11 is 0. The minimum Gasteiger partial charge on any atom is -0.377 e. The summed E-state index contributed by atoms with van der Waals surface area (Å²) in [5.41, 5.74) is 1.36. The van der Waals surface area contributed by atoms with E-state index >= 15 is 0 Å². The minimum absolute atomic E-state index is 0. The lowest BCUT2D eigenvalue weighted by Gasteiger charge is -2.55. The molecular formula is C16H27IN4O. The molecule has 0 spiro atoms. The highest BCUT2D eigenvalue weighted by molar-refractivity contribution is 14.0. The zero-order valence-electron chi connectivity index (χ0n) is 13.8. The molecule has 3 rings (SSSR count). The fourth-order valence-corrected chi connectivity index (χ4v) is 3.90. The highest BCUT2D eigenvalue weighted by Gasteiger charge is 2.59. The van der Waals surface area contributed by atoms with Crippen LogP contribution in [0.4, 0.5) is 0 Å². The van der Waals surface area contributed by atoms with E-state index < -0.39 is 0 Å². The molecule has 2 N–H and O–H groups in total. The smallest absolute Gasteiger partial charge is 0.193 e. The van der Waals surface area contributed by atoms with Crippen molar-refractivity contribution in [1.29, 1.82) is 0 Å². The molecule has 0 amide bonds. The van der Waals surface area contributed by atoms with Crippen LogP contribution in [0.1, 0.15) is 26.0 Å². The van der Waals surface area contributed by atoms with E-state index in [-0.39, 0.29) is 29.4 Å². The van der Waals surface area contributed by atoms with Gasteiger partial charge in [0.1, 0.15) is 0 Å². The molecule has 1 aromatic heterocycles. The van der Waals surface area contributed by atoms with Gasteiger partial charge in [-0.25, -0.2) is 0 Å². The maximum Gasteiger partial charge on any atom is 0.193 e. The normalized spacial score (nSPS) is 29.3. The molecule has 3 unspecified atom stereocenters. The van der Waals surface area contributed by atoms with Crippen molar-refractivity contribution in [2.75, 3.05) is 20.7 Å². The average molecular weight is 418 g/mol. The van der Waals surface area contributed by atoms with Crippen LogP contribution in [0.2, 0.25) is 0 Å². The van der Waals surface area contributed by atoms with Crippen molar-refractivity contribution in [1.82, 2.24) is 15.2 Å². The standard InChI is InChI=1S/C16H26N4O.HI/c1-16(2)13(12-7-9-21-14(12)16)19-15(17-3)20(4)10-11-6-5-8-18-11;/h5-6,8,12-14,18H,7,9-10H2,1-4H3,(H,17,19);1H. The van der Waals surface area contributed by atoms with Crippen LogP contribution in [-0.2, 0) is 11.3 Å². The fraction of sp³-hybridized carbons (Fsp3) is 0.688. The zero-order valence-corrected chi connectivity index (χ0v) is 16.1. The number of nitrogens with one attached hydrogen (secondary N) is 2. The van der Waals surface area contributed by atoms with Crippen LogP contribution in [0.5, 0.6) is 0 Å². The summed E-state index contributed by atoms with van der Waals surface area (Å²) in [5.74, 6) is 1.57. The van der Waals surface area contributed by atoms with Gasteiger partial charge in [-0.2, -0.15) is 0 Å². The summed E-state index contributed by atoms with van der Waals surface area (Å²) < 4.78 is 5.86. The molecule has 124 valence electrons. The Morgan fingerprint density at radius 3 is 2.95 bits per heavy atom.